The molecule has 0 aromatic heterocycles. The van der Waals surface area contributed by atoms with Crippen LogP contribution in [0.25, 0.3) is 0 Å². The van der Waals surface area contributed by atoms with Crippen molar-refractivity contribution < 1.29 is 13.2 Å². The van der Waals surface area contributed by atoms with Crippen molar-refractivity contribution in [3.63, 3.8) is 0 Å². The summed E-state index contributed by atoms with van der Waals surface area (Å²) >= 11 is 6.23. The Kier molecular flexibility index (Phi) is 8.57. The Balaban J connectivity index is 1.59. The first-order valence-electron chi connectivity index (χ1n) is 11.2. The molecule has 1 amide bonds. The van der Waals surface area contributed by atoms with E-state index in [9.17, 15) is 13.2 Å². The Morgan fingerprint density at radius 2 is 1.87 bits per heavy atom. The van der Waals surface area contributed by atoms with Crippen molar-refractivity contribution in [3.8, 4) is 0 Å². The van der Waals surface area contributed by atoms with Crippen LogP contribution in [0.5, 0.6) is 0 Å². The van der Waals surface area contributed by atoms with E-state index in [2.05, 4.69) is 17.1 Å². The zero-order valence-corrected chi connectivity index (χ0v) is 19.5. The number of nitrogens with one attached hydrogen (secondary N) is 1. The number of benzene rings is 1. The maximum atomic E-state index is 13.0. The number of carbonyl (C=O) groups is 1. The highest BCUT2D eigenvalue weighted by Crippen LogP contribution is 2.25. The van der Waals surface area contributed by atoms with Gasteiger partial charge in [0.05, 0.1) is 15.5 Å². The Hall–Kier alpha value is -1.15. The van der Waals surface area contributed by atoms with Gasteiger partial charge in [0, 0.05) is 26.2 Å². The minimum atomic E-state index is -3.62. The molecule has 2 aliphatic heterocycles. The van der Waals surface area contributed by atoms with Gasteiger partial charge >= 0.3 is 0 Å². The van der Waals surface area contributed by atoms with E-state index >= 15 is 0 Å². The summed E-state index contributed by atoms with van der Waals surface area (Å²) in [5.41, 5.74) is 0.221. The summed E-state index contributed by atoms with van der Waals surface area (Å²) in [6, 6.07) is 4.43. The zero-order valence-electron chi connectivity index (χ0n) is 17.9. The van der Waals surface area contributed by atoms with Crippen LogP contribution >= 0.6 is 11.6 Å². The van der Waals surface area contributed by atoms with Crippen LogP contribution in [0.4, 0.5) is 0 Å². The number of amides is 1. The summed E-state index contributed by atoms with van der Waals surface area (Å²) in [4.78, 5) is 15.2. The molecule has 3 rings (SSSR count). The van der Waals surface area contributed by atoms with E-state index in [-0.39, 0.29) is 21.4 Å². The molecule has 0 aliphatic carbocycles. The summed E-state index contributed by atoms with van der Waals surface area (Å²) < 4.78 is 27.6. The van der Waals surface area contributed by atoms with Gasteiger partial charge in [0.15, 0.2) is 0 Å². The summed E-state index contributed by atoms with van der Waals surface area (Å²) in [5, 5.41) is 3.17. The smallest absolute Gasteiger partial charge is 0.252 e. The quantitative estimate of drug-likeness (QED) is 0.635. The van der Waals surface area contributed by atoms with Gasteiger partial charge in [-0.1, -0.05) is 31.4 Å². The van der Waals surface area contributed by atoms with E-state index in [0.29, 0.717) is 19.6 Å². The van der Waals surface area contributed by atoms with Crippen LogP contribution in [0, 0.1) is 5.92 Å². The summed E-state index contributed by atoms with van der Waals surface area (Å²) in [6.45, 7) is 7.09. The molecule has 0 spiro atoms. The predicted molar refractivity (Wildman–Crippen MR) is 120 cm³/mol. The lowest BCUT2D eigenvalue weighted by Crippen LogP contribution is -2.36. The topological polar surface area (TPSA) is 69.7 Å². The molecule has 2 heterocycles. The molecule has 0 bridgehead atoms. The van der Waals surface area contributed by atoms with E-state index in [4.69, 9.17) is 11.6 Å². The van der Waals surface area contributed by atoms with Crippen molar-refractivity contribution >= 4 is 27.5 Å². The highest BCUT2D eigenvalue weighted by atomic mass is 35.5. The van der Waals surface area contributed by atoms with E-state index in [0.717, 1.165) is 57.7 Å². The van der Waals surface area contributed by atoms with Gasteiger partial charge in [-0.05, 0) is 69.3 Å². The fraction of sp³-hybridized carbons (Fsp3) is 0.682. The second kappa shape index (κ2) is 10.9. The van der Waals surface area contributed by atoms with Crippen molar-refractivity contribution in [1.29, 1.82) is 0 Å². The van der Waals surface area contributed by atoms with Crippen LogP contribution in [0.3, 0.4) is 0 Å². The zero-order chi connectivity index (χ0) is 21.6. The number of piperidine rings is 1. The molecule has 0 saturated carbocycles. The molecular weight excluding hydrogens is 422 g/mol. The Morgan fingerprint density at radius 1 is 1.13 bits per heavy atom. The van der Waals surface area contributed by atoms with E-state index < -0.39 is 10.0 Å². The van der Waals surface area contributed by atoms with Gasteiger partial charge in [-0.15, -0.1) is 0 Å². The lowest BCUT2D eigenvalue weighted by molar-refractivity contribution is 0.0950. The number of hydrogen-bond donors (Lipinski definition) is 1. The summed E-state index contributed by atoms with van der Waals surface area (Å²) in [5.74, 6) is 0.418. The maximum absolute atomic E-state index is 13.0. The van der Waals surface area contributed by atoms with Gasteiger partial charge < -0.3 is 10.2 Å². The SMILES string of the molecule is C[C@@H]1CCCN(CCCNC(=O)c2cc(S(=O)(=O)N3CCCCCC3)ccc2Cl)C1. The first kappa shape index (κ1) is 23.5. The van der Waals surface area contributed by atoms with Crippen LogP contribution in [-0.4, -0.2) is 62.8 Å². The van der Waals surface area contributed by atoms with Gasteiger partial charge in [0.25, 0.3) is 5.91 Å². The van der Waals surface area contributed by atoms with Crippen LogP contribution in [0.2, 0.25) is 5.02 Å². The lowest BCUT2D eigenvalue weighted by Gasteiger charge is -2.30. The number of halogens is 1. The van der Waals surface area contributed by atoms with Crippen LogP contribution in [0.15, 0.2) is 23.1 Å². The number of sulfonamides is 1. The average Bonchev–Trinajstić information content (AvgIpc) is 3.01. The van der Waals surface area contributed by atoms with Crippen molar-refractivity contribution in [2.75, 3.05) is 39.3 Å². The molecule has 0 radical (unpaired) electrons. The van der Waals surface area contributed by atoms with E-state index in [1.165, 1.54) is 35.3 Å². The Labute approximate surface area is 186 Å². The number of likely N-dealkylation sites (tertiary alicyclic amines) is 1. The molecule has 168 valence electrons. The molecule has 2 aliphatic rings. The monoisotopic (exact) mass is 455 g/mol. The maximum Gasteiger partial charge on any atom is 0.252 e. The number of carbonyl (C=O) groups excluding carboxylic acids is 1. The predicted octanol–water partition coefficient (Wildman–Crippen LogP) is 3.76. The molecule has 1 aromatic carbocycles. The second-order valence-electron chi connectivity index (χ2n) is 8.62. The van der Waals surface area contributed by atoms with Gasteiger partial charge in [0.1, 0.15) is 0 Å². The third kappa shape index (κ3) is 6.19. The molecule has 2 saturated heterocycles. The number of nitrogens with zero attached hydrogens (tertiary/aromatic N) is 2. The molecule has 30 heavy (non-hydrogen) atoms. The normalized spacial score (nSPS) is 21.9. The second-order valence-corrected chi connectivity index (χ2v) is 11.0. The van der Waals surface area contributed by atoms with Crippen molar-refractivity contribution in [3.05, 3.63) is 28.8 Å². The molecular formula is C22H34ClN3O3S. The molecule has 0 unspecified atom stereocenters. The number of hydrogen-bond acceptors (Lipinski definition) is 4. The molecule has 1 aromatic rings. The molecule has 2 fully saturated rings. The standard InChI is InChI=1S/C22H34ClN3O3S/c1-18-8-6-12-25(17-18)13-7-11-24-22(27)20-16-19(9-10-21(20)23)30(28,29)26-14-4-2-3-5-15-26/h9-10,16,18H,2-8,11-15,17H2,1H3,(H,24,27)/t18-/m1/s1. The van der Waals surface area contributed by atoms with Gasteiger partial charge in [-0.3, -0.25) is 4.79 Å². The van der Waals surface area contributed by atoms with Gasteiger partial charge in [-0.2, -0.15) is 4.31 Å². The van der Waals surface area contributed by atoms with Gasteiger partial charge in [-0.25, -0.2) is 8.42 Å². The average molecular weight is 456 g/mol. The van der Waals surface area contributed by atoms with Crippen molar-refractivity contribution in [2.45, 2.75) is 56.8 Å². The molecule has 1 N–H and O–H groups in total. The fourth-order valence-corrected chi connectivity index (χ4v) is 6.11. The Bertz CT molecular complexity index is 823. The molecule has 6 nitrogen and oxygen atoms in total. The summed E-state index contributed by atoms with van der Waals surface area (Å²) in [6.07, 6.45) is 7.24. The third-order valence-electron chi connectivity index (χ3n) is 6.06. The third-order valence-corrected chi connectivity index (χ3v) is 8.29. The first-order chi connectivity index (χ1) is 14.4. The highest BCUT2D eigenvalue weighted by molar-refractivity contribution is 7.89. The number of rotatable bonds is 7. The first-order valence-corrected chi connectivity index (χ1v) is 13.0. The minimum absolute atomic E-state index is 0.140. The van der Waals surface area contributed by atoms with Gasteiger partial charge in [0.2, 0.25) is 10.0 Å². The van der Waals surface area contributed by atoms with E-state index in [1.54, 1.807) is 0 Å². The van der Waals surface area contributed by atoms with Crippen LogP contribution in [-0.2, 0) is 10.0 Å². The van der Waals surface area contributed by atoms with Crippen LogP contribution < -0.4 is 5.32 Å². The molecule has 1 atom stereocenters. The molecule has 8 heteroatoms. The summed E-state index contributed by atoms with van der Waals surface area (Å²) in [7, 11) is -3.62. The van der Waals surface area contributed by atoms with E-state index in [1.807, 2.05) is 0 Å². The van der Waals surface area contributed by atoms with Crippen LogP contribution in [0.1, 0.15) is 62.2 Å². The Morgan fingerprint density at radius 3 is 2.57 bits per heavy atom. The largest absolute Gasteiger partial charge is 0.352 e. The van der Waals surface area contributed by atoms with Crippen molar-refractivity contribution in [1.82, 2.24) is 14.5 Å². The highest BCUT2D eigenvalue weighted by Gasteiger charge is 2.26. The minimum Gasteiger partial charge on any atom is -0.352 e. The fourth-order valence-electron chi connectivity index (χ4n) is 4.36. The van der Waals surface area contributed by atoms with Crippen molar-refractivity contribution in [2.24, 2.45) is 5.92 Å². The lowest BCUT2D eigenvalue weighted by atomic mass is 10.0.